The van der Waals surface area contributed by atoms with E-state index in [4.69, 9.17) is 9.47 Å². The van der Waals surface area contributed by atoms with Gasteiger partial charge < -0.3 is 9.47 Å². The number of benzene rings is 1. The summed E-state index contributed by atoms with van der Waals surface area (Å²) in [6, 6.07) is 7.16. The maximum absolute atomic E-state index is 12.2. The van der Waals surface area contributed by atoms with E-state index in [0.717, 1.165) is 11.5 Å². The number of anilines is 1. The zero-order chi connectivity index (χ0) is 15.5. The number of amides is 1. The normalized spacial score (nSPS) is 16.1. The van der Waals surface area contributed by atoms with Gasteiger partial charge in [-0.05, 0) is 19.1 Å². The Balaban J connectivity index is 1.63. The van der Waals surface area contributed by atoms with E-state index >= 15 is 0 Å². The highest BCUT2D eigenvalue weighted by atomic mass is 32.1. The van der Waals surface area contributed by atoms with Crippen molar-refractivity contribution >= 4 is 28.4 Å². The number of rotatable bonds is 4. The molecule has 0 spiro atoms. The molecule has 0 fully saturated rings. The average molecular weight is 319 g/mol. The Hall–Kier alpha value is -2.48. The first-order valence-corrected chi connectivity index (χ1v) is 7.40. The van der Waals surface area contributed by atoms with Crippen molar-refractivity contribution in [2.45, 2.75) is 19.4 Å². The second kappa shape index (κ2) is 6.10. The maximum Gasteiger partial charge on any atom is 0.270 e. The highest BCUT2D eigenvalue weighted by Gasteiger charge is 2.28. The van der Waals surface area contributed by atoms with Crippen LogP contribution >= 0.6 is 11.5 Å². The summed E-state index contributed by atoms with van der Waals surface area (Å²) in [4.78, 5) is 27.3. The molecule has 2 aromatic rings. The van der Waals surface area contributed by atoms with Crippen molar-refractivity contribution in [1.29, 1.82) is 0 Å². The van der Waals surface area contributed by atoms with Gasteiger partial charge in [0.25, 0.3) is 5.91 Å². The molecular weight excluding hydrogens is 306 g/mol. The first kappa shape index (κ1) is 14.5. The van der Waals surface area contributed by atoms with Crippen molar-refractivity contribution in [3.8, 4) is 11.5 Å². The molecule has 1 N–H and O–H groups in total. The van der Waals surface area contributed by atoms with E-state index in [9.17, 15) is 9.59 Å². The molecule has 0 saturated carbocycles. The standard InChI is InChI=1S/C14H13N3O4S/c1-8(18)6-12-15-14(22-17-12)16-13(19)11-7-20-9-4-2-3-5-10(9)21-11/h2-5,11H,6-7H2,1H3,(H,15,16,17,19)/t11-/m1/s1. The van der Waals surface area contributed by atoms with Crippen LogP contribution in [0.1, 0.15) is 12.7 Å². The lowest BCUT2D eigenvalue weighted by molar-refractivity contribution is -0.125. The number of ketones is 1. The molecule has 0 radical (unpaired) electrons. The van der Waals surface area contributed by atoms with Gasteiger partial charge in [-0.25, -0.2) is 4.98 Å². The number of Topliss-reactive ketones (excluding diaryl/α,β-unsaturated/α-hetero) is 1. The molecule has 0 aliphatic carbocycles. The monoisotopic (exact) mass is 319 g/mol. The summed E-state index contributed by atoms with van der Waals surface area (Å²) in [5.41, 5.74) is 0. The largest absolute Gasteiger partial charge is 0.485 e. The number of hydrogen-bond acceptors (Lipinski definition) is 7. The van der Waals surface area contributed by atoms with E-state index < -0.39 is 6.10 Å². The topological polar surface area (TPSA) is 90.4 Å². The summed E-state index contributed by atoms with van der Waals surface area (Å²) in [5.74, 6) is 1.16. The van der Waals surface area contributed by atoms with Crippen LogP contribution in [0.3, 0.4) is 0 Å². The van der Waals surface area contributed by atoms with Crippen molar-refractivity contribution in [3.05, 3.63) is 30.1 Å². The minimum absolute atomic E-state index is 0.0312. The summed E-state index contributed by atoms with van der Waals surface area (Å²) >= 11 is 1.03. The second-order valence-corrected chi connectivity index (χ2v) is 5.50. The number of hydrogen-bond donors (Lipinski definition) is 1. The zero-order valence-electron chi connectivity index (χ0n) is 11.7. The molecular formula is C14H13N3O4S. The number of carbonyl (C=O) groups excluding carboxylic acids is 2. The van der Waals surface area contributed by atoms with Gasteiger partial charge in [0.05, 0.1) is 6.42 Å². The SMILES string of the molecule is CC(=O)Cc1nsc(NC(=O)[C@H]2COc3ccccc3O2)n1. The minimum atomic E-state index is -0.755. The third-order valence-electron chi connectivity index (χ3n) is 2.91. The number of carbonyl (C=O) groups is 2. The summed E-state index contributed by atoms with van der Waals surface area (Å²) in [7, 11) is 0. The maximum atomic E-state index is 12.2. The summed E-state index contributed by atoms with van der Waals surface area (Å²) < 4.78 is 15.1. The number of aromatic nitrogens is 2. The molecule has 22 heavy (non-hydrogen) atoms. The number of ether oxygens (including phenoxy) is 2. The van der Waals surface area contributed by atoms with Gasteiger partial charge in [-0.2, -0.15) is 4.37 Å². The lowest BCUT2D eigenvalue weighted by atomic mass is 10.2. The van der Waals surface area contributed by atoms with Crippen molar-refractivity contribution in [2.24, 2.45) is 0 Å². The van der Waals surface area contributed by atoms with E-state index in [0.29, 0.717) is 22.5 Å². The smallest absolute Gasteiger partial charge is 0.270 e. The number of para-hydroxylation sites is 2. The Morgan fingerprint density at radius 2 is 2.14 bits per heavy atom. The first-order valence-electron chi connectivity index (χ1n) is 6.63. The molecule has 1 aliphatic heterocycles. The fraction of sp³-hybridized carbons (Fsp3) is 0.286. The molecule has 7 nitrogen and oxygen atoms in total. The van der Waals surface area contributed by atoms with E-state index in [1.165, 1.54) is 6.92 Å². The quantitative estimate of drug-likeness (QED) is 0.917. The van der Waals surface area contributed by atoms with Gasteiger partial charge in [0.15, 0.2) is 17.3 Å². The molecule has 0 unspecified atom stereocenters. The predicted octanol–water partition coefficient (Wildman–Crippen LogP) is 1.45. The van der Waals surface area contributed by atoms with Crippen LogP contribution in [0.15, 0.2) is 24.3 Å². The van der Waals surface area contributed by atoms with Crippen LogP contribution in [0.25, 0.3) is 0 Å². The highest BCUT2D eigenvalue weighted by molar-refractivity contribution is 7.09. The molecule has 1 aliphatic rings. The minimum Gasteiger partial charge on any atom is -0.485 e. The fourth-order valence-electron chi connectivity index (χ4n) is 1.93. The molecule has 1 amide bonds. The van der Waals surface area contributed by atoms with Crippen molar-refractivity contribution in [3.63, 3.8) is 0 Å². The van der Waals surface area contributed by atoms with Crippen LogP contribution in [-0.4, -0.2) is 33.8 Å². The Bertz CT molecular complexity index is 716. The van der Waals surface area contributed by atoms with Crippen molar-refractivity contribution < 1.29 is 19.1 Å². The molecule has 1 atom stereocenters. The molecule has 0 saturated heterocycles. The molecule has 8 heteroatoms. The van der Waals surface area contributed by atoms with Gasteiger partial charge in [0, 0.05) is 11.5 Å². The third kappa shape index (κ3) is 3.22. The third-order valence-corrected chi connectivity index (χ3v) is 3.57. The van der Waals surface area contributed by atoms with Crippen molar-refractivity contribution in [1.82, 2.24) is 9.36 Å². The predicted molar refractivity (Wildman–Crippen MR) is 79.3 cm³/mol. The Morgan fingerprint density at radius 3 is 2.91 bits per heavy atom. The van der Waals surface area contributed by atoms with E-state index in [2.05, 4.69) is 14.7 Å². The number of fused-ring (bicyclic) bond motifs is 1. The van der Waals surface area contributed by atoms with Gasteiger partial charge >= 0.3 is 0 Å². The van der Waals surface area contributed by atoms with E-state index in [1.807, 2.05) is 6.07 Å². The van der Waals surface area contributed by atoms with Crippen LogP contribution in [0.2, 0.25) is 0 Å². The van der Waals surface area contributed by atoms with Crippen molar-refractivity contribution in [2.75, 3.05) is 11.9 Å². The molecule has 3 rings (SSSR count). The zero-order valence-corrected chi connectivity index (χ0v) is 12.6. The van der Waals surface area contributed by atoms with Crippen LogP contribution in [0.5, 0.6) is 11.5 Å². The molecule has 114 valence electrons. The Kier molecular flexibility index (Phi) is 4.01. The van der Waals surface area contributed by atoms with E-state index in [-0.39, 0.29) is 24.7 Å². The second-order valence-electron chi connectivity index (χ2n) is 4.75. The Labute approximate surface area is 130 Å². The molecule has 2 heterocycles. The average Bonchev–Trinajstić information content (AvgIpc) is 2.93. The van der Waals surface area contributed by atoms with Gasteiger partial charge in [-0.1, -0.05) is 12.1 Å². The lowest BCUT2D eigenvalue weighted by Crippen LogP contribution is -2.40. The van der Waals surface area contributed by atoms with Crippen LogP contribution < -0.4 is 14.8 Å². The summed E-state index contributed by atoms with van der Waals surface area (Å²) in [6.45, 7) is 1.59. The van der Waals surface area contributed by atoms with Gasteiger partial charge in [0.1, 0.15) is 12.4 Å². The lowest BCUT2D eigenvalue weighted by Gasteiger charge is -2.25. The van der Waals surface area contributed by atoms with Crippen LogP contribution in [0, 0.1) is 0 Å². The highest BCUT2D eigenvalue weighted by Crippen LogP contribution is 2.31. The van der Waals surface area contributed by atoms with Crippen LogP contribution in [-0.2, 0) is 16.0 Å². The van der Waals surface area contributed by atoms with E-state index in [1.54, 1.807) is 18.2 Å². The summed E-state index contributed by atoms with van der Waals surface area (Å²) in [6.07, 6.45) is -0.599. The Morgan fingerprint density at radius 1 is 1.36 bits per heavy atom. The molecule has 1 aromatic carbocycles. The van der Waals surface area contributed by atoms with Crippen LogP contribution in [0.4, 0.5) is 5.13 Å². The van der Waals surface area contributed by atoms with Gasteiger partial charge in [0.2, 0.25) is 11.2 Å². The number of nitrogens with zero attached hydrogens (tertiary/aromatic N) is 2. The number of nitrogens with one attached hydrogen (secondary N) is 1. The molecule has 0 bridgehead atoms. The van der Waals surface area contributed by atoms with Gasteiger partial charge in [-0.3, -0.25) is 14.9 Å². The first-order chi connectivity index (χ1) is 10.6. The fourth-order valence-corrected chi connectivity index (χ4v) is 2.52. The van der Waals surface area contributed by atoms with Gasteiger partial charge in [-0.15, -0.1) is 0 Å². The molecule has 1 aromatic heterocycles. The summed E-state index contributed by atoms with van der Waals surface area (Å²) in [5, 5.41) is 2.96.